The second kappa shape index (κ2) is 8.06. The van der Waals surface area contributed by atoms with E-state index < -0.39 is 47.4 Å². The first-order chi connectivity index (χ1) is 13.5. The minimum atomic E-state index is -1.08. The molecule has 0 radical (unpaired) electrons. The minimum Gasteiger partial charge on any atom is -0.394 e. The van der Waals surface area contributed by atoms with Crippen LogP contribution in [0.25, 0.3) is 0 Å². The fraction of sp³-hybridized carbons (Fsp3) is 0.789. The molecule has 1 aromatic rings. The summed E-state index contributed by atoms with van der Waals surface area (Å²) < 4.78 is 33.2. The first-order valence-electron chi connectivity index (χ1n) is 10.2. The number of hydrogen-bond acceptors (Lipinski definition) is 6. The summed E-state index contributed by atoms with van der Waals surface area (Å²) in [5.41, 5.74) is -1.87. The number of aliphatic hydroxyl groups is 1. The first kappa shape index (κ1) is 19.8. The van der Waals surface area contributed by atoms with Crippen molar-refractivity contribution in [2.45, 2.75) is 88.1 Å². The Morgan fingerprint density at radius 3 is 2.32 bits per heavy atom. The highest BCUT2D eigenvalue weighted by molar-refractivity contribution is 5.00. The molecule has 1 aliphatic carbocycles. The molecular weight excluding hydrogens is 371 g/mol. The molecule has 0 unspecified atom stereocenters. The molecule has 8 nitrogen and oxygen atoms in total. The van der Waals surface area contributed by atoms with Gasteiger partial charge < -0.3 is 19.3 Å². The molecule has 1 saturated carbocycles. The van der Waals surface area contributed by atoms with E-state index in [1.54, 1.807) is 0 Å². The van der Waals surface area contributed by atoms with Crippen molar-refractivity contribution in [1.82, 2.24) is 9.55 Å². The third-order valence-electron chi connectivity index (χ3n) is 5.98. The Kier molecular flexibility index (Phi) is 5.69. The topological polar surface area (TPSA) is 103 Å². The van der Waals surface area contributed by atoms with Crippen molar-refractivity contribution < 1.29 is 23.7 Å². The predicted molar refractivity (Wildman–Crippen MR) is 96.3 cm³/mol. The Labute approximate surface area is 161 Å². The van der Waals surface area contributed by atoms with Gasteiger partial charge in [0.05, 0.1) is 12.8 Å². The molecule has 2 aliphatic heterocycles. The van der Waals surface area contributed by atoms with E-state index in [1.165, 1.54) is 19.3 Å². The van der Waals surface area contributed by atoms with Crippen molar-refractivity contribution >= 4 is 0 Å². The van der Waals surface area contributed by atoms with E-state index in [0.29, 0.717) is 0 Å². The van der Waals surface area contributed by atoms with E-state index in [4.69, 9.17) is 14.2 Å². The van der Waals surface area contributed by atoms with Gasteiger partial charge in [0, 0.05) is 12.8 Å². The second-order valence-corrected chi connectivity index (χ2v) is 7.94. The number of fused-ring (bicyclic) bond motifs is 1. The van der Waals surface area contributed by atoms with Gasteiger partial charge in [0.2, 0.25) is 5.82 Å². The molecule has 3 fully saturated rings. The van der Waals surface area contributed by atoms with E-state index in [2.05, 4.69) is 0 Å². The van der Waals surface area contributed by atoms with E-state index in [1.807, 2.05) is 4.98 Å². The van der Waals surface area contributed by atoms with Gasteiger partial charge in [0.1, 0.15) is 18.3 Å². The van der Waals surface area contributed by atoms with Crippen LogP contribution in [0.4, 0.5) is 4.39 Å². The molecule has 2 N–H and O–H groups in total. The van der Waals surface area contributed by atoms with Crippen molar-refractivity contribution in [3.05, 3.63) is 32.9 Å². The average Bonchev–Trinajstić information content (AvgIpc) is 3.19. The molecule has 2 saturated heterocycles. The van der Waals surface area contributed by atoms with Gasteiger partial charge in [-0.3, -0.25) is 14.3 Å². The smallest absolute Gasteiger partial charge is 0.330 e. The van der Waals surface area contributed by atoms with Crippen LogP contribution in [0.3, 0.4) is 0 Å². The van der Waals surface area contributed by atoms with Crippen molar-refractivity contribution in [3.63, 3.8) is 0 Å². The number of H-pyrrole nitrogens is 1. The van der Waals surface area contributed by atoms with E-state index in [9.17, 15) is 19.1 Å². The highest BCUT2D eigenvalue weighted by Crippen LogP contribution is 2.47. The fourth-order valence-corrected chi connectivity index (χ4v) is 4.55. The molecule has 0 aromatic carbocycles. The van der Waals surface area contributed by atoms with Crippen LogP contribution in [0.2, 0.25) is 0 Å². The van der Waals surface area contributed by atoms with Gasteiger partial charge in [-0.15, -0.1) is 0 Å². The summed E-state index contributed by atoms with van der Waals surface area (Å²) in [7, 11) is 0. The summed E-state index contributed by atoms with van der Waals surface area (Å²) in [6, 6.07) is 0. The van der Waals surface area contributed by atoms with Gasteiger partial charge >= 0.3 is 5.69 Å². The zero-order valence-electron chi connectivity index (χ0n) is 15.8. The van der Waals surface area contributed by atoms with Gasteiger partial charge in [-0.05, 0) is 12.8 Å². The van der Waals surface area contributed by atoms with Crippen LogP contribution in [0.1, 0.15) is 64.0 Å². The lowest BCUT2D eigenvalue weighted by molar-refractivity contribution is -0.228. The SMILES string of the molecule is O=c1[nH]c(=O)n([C@@H]2O[C@H](CO)[C@H]3OC4(CCCCCCCCC4)O[C@H]32)cc1F. The van der Waals surface area contributed by atoms with Gasteiger partial charge in [-0.1, -0.05) is 32.1 Å². The maximum absolute atomic E-state index is 13.8. The van der Waals surface area contributed by atoms with E-state index >= 15 is 0 Å². The maximum Gasteiger partial charge on any atom is 0.330 e. The number of nitrogens with zero attached hydrogens (tertiary/aromatic N) is 1. The largest absolute Gasteiger partial charge is 0.394 e. The zero-order chi connectivity index (χ0) is 19.7. The second-order valence-electron chi connectivity index (χ2n) is 7.94. The Bertz CT molecular complexity index is 798. The molecule has 9 heteroatoms. The quantitative estimate of drug-likeness (QED) is 0.784. The number of hydrogen-bond donors (Lipinski definition) is 2. The Hall–Kier alpha value is -1.55. The van der Waals surface area contributed by atoms with E-state index in [-0.39, 0.29) is 6.61 Å². The Balaban J connectivity index is 1.61. The number of nitrogens with one attached hydrogen (secondary N) is 1. The third-order valence-corrected chi connectivity index (χ3v) is 5.98. The molecule has 3 heterocycles. The van der Waals surface area contributed by atoms with Crippen LogP contribution in [-0.4, -0.2) is 45.4 Å². The van der Waals surface area contributed by atoms with Crippen molar-refractivity contribution in [3.8, 4) is 0 Å². The number of rotatable bonds is 2. The molecule has 1 aromatic heterocycles. The van der Waals surface area contributed by atoms with Crippen molar-refractivity contribution in [2.75, 3.05) is 6.61 Å². The van der Waals surface area contributed by atoms with E-state index in [0.717, 1.165) is 49.3 Å². The maximum atomic E-state index is 13.8. The molecule has 4 atom stereocenters. The predicted octanol–water partition coefficient (Wildman–Crippen LogP) is 1.57. The fourth-order valence-electron chi connectivity index (χ4n) is 4.55. The van der Waals surface area contributed by atoms with Gasteiger partial charge in [0.25, 0.3) is 5.56 Å². The number of aromatic amines is 1. The van der Waals surface area contributed by atoms with Gasteiger partial charge in [-0.25, -0.2) is 4.79 Å². The highest BCUT2D eigenvalue weighted by atomic mass is 19.1. The first-order valence-corrected chi connectivity index (χ1v) is 10.2. The third kappa shape index (κ3) is 3.68. The summed E-state index contributed by atoms with van der Waals surface area (Å²) in [4.78, 5) is 25.5. The number of aromatic nitrogens is 2. The number of aliphatic hydroxyl groups excluding tert-OH is 1. The summed E-state index contributed by atoms with van der Waals surface area (Å²) in [5, 5.41) is 9.74. The molecule has 0 amide bonds. The standard InChI is InChI=1S/C19H27FN2O6/c20-12-10-22(18(25)21-16(12)24)17-15-14(13(11-23)26-17)27-19(28-15)8-6-4-2-1-3-5-7-9-19/h10,13-15,17,23H,1-9,11H2,(H,21,24,25)/t13-,14-,15-,17-/m1/s1. The lowest BCUT2D eigenvalue weighted by Gasteiger charge is -2.32. The summed E-state index contributed by atoms with van der Waals surface area (Å²) in [5.74, 6) is -1.86. The zero-order valence-corrected chi connectivity index (χ0v) is 15.8. The molecule has 4 rings (SSSR count). The summed E-state index contributed by atoms with van der Waals surface area (Å²) >= 11 is 0. The van der Waals surface area contributed by atoms with Crippen LogP contribution in [0.15, 0.2) is 15.8 Å². The summed E-state index contributed by atoms with van der Waals surface area (Å²) in [6.45, 7) is -0.308. The lowest BCUT2D eigenvalue weighted by atomic mass is 9.96. The van der Waals surface area contributed by atoms with Crippen LogP contribution in [0, 0.1) is 5.82 Å². The normalized spacial score (nSPS) is 33.1. The highest BCUT2D eigenvalue weighted by Gasteiger charge is 2.58. The van der Waals surface area contributed by atoms with Crippen molar-refractivity contribution in [2.24, 2.45) is 0 Å². The van der Waals surface area contributed by atoms with Crippen LogP contribution >= 0.6 is 0 Å². The van der Waals surface area contributed by atoms with Crippen LogP contribution in [0.5, 0.6) is 0 Å². The van der Waals surface area contributed by atoms with Gasteiger partial charge in [0.15, 0.2) is 12.0 Å². The molecule has 0 bridgehead atoms. The molecule has 28 heavy (non-hydrogen) atoms. The lowest BCUT2D eigenvalue weighted by Crippen LogP contribution is -2.39. The molecular formula is C19H27FN2O6. The molecule has 156 valence electrons. The van der Waals surface area contributed by atoms with Gasteiger partial charge in [-0.2, -0.15) is 4.39 Å². The molecule has 1 spiro atoms. The monoisotopic (exact) mass is 398 g/mol. The minimum absolute atomic E-state index is 0.308. The number of halogens is 1. The van der Waals surface area contributed by atoms with Crippen molar-refractivity contribution in [1.29, 1.82) is 0 Å². The summed E-state index contributed by atoms with van der Waals surface area (Å²) in [6.07, 6.45) is 7.22. The number of ether oxygens (including phenoxy) is 3. The average molecular weight is 398 g/mol. The van der Waals surface area contributed by atoms with Crippen LogP contribution < -0.4 is 11.2 Å². The molecule has 3 aliphatic rings. The Morgan fingerprint density at radius 1 is 1.07 bits per heavy atom. The Morgan fingerprint density at radius 2 is 1.68 bits per heavy atom. The van der Waals surface area contributed by atoms with Crippen LogP contribution in [-0.2, 0) is 14.2 Å².